The van der Waals surface area contributed by atoms with Crippen molar-refractivity contribution in [3.8, 4) is 5.75 Å². The number of nitrogens with one attached hydrogen (secondary N) is 1. The Labute approximate surface area is 112 Å². The summed E-state index contributed by atoms with van der Waals surface area (Å²) in [5.74, 6) is 0.110. The number of carbonyl (C=O) groups excluding carboxylic acids is 1. The topological polar surface area (TPSA) is 47.6 Å². The van der Waals surface area contributed by atoms with E-state index in [1.807, 2.05) is 0 Å². The molecule has 19 heavy (non-hydrogen) atoms. The standard InChI is InChI=1S/C14H20FNO3/c1-10-7-11(15)9-12(8-10)18-6-5-16-13(17)19-14(2,3)4/h7-9H,5-6H2,1-4H3,(H,16,17). The summed E-state index contributed by atoms with van der Waals surface area (Å²) < 4.78 is 23.5. The molecule has 1 rings (SSSR count). The molecule has 0 unspecified atom stereocenters. The van der Waals surface area contributed by atoms with E-state index in [9.17, 15) is 9.18 Å². The van der Waals surface area contributed by atoms with Gasteiger partial charge < -0.3 is 14.8 Å². The molecule has 1 N–H and O–H groups in total. The van der Waals surface area contributed by atoms with Crippen LogP contribution in [0, 0.1) is 12.7 Å². The predicted octanol–water partition coefficient (Wildman–Crippen LogP) is 3.04. The number of halogens is 1. The summed E-state index contributed by atoms with van der Waals surface area (Å²) in [6.07, 6.45) is -0.494. The summed E-state index contributed by atoms with van der Waals surface area (Å²) in [4.78, 5) is 11.3. The molecular formula is C14H20FNO3. The van der Waals surface area contributed by atoms with Gasteiger partial charge in [0.05, 0.1) is 6.54 Å². The van der Waals surface area contributed by atoms with Crippen molar-refractivity contribution in [2.75, 3.05) is 13.2 Å². The third kappa shape index (κ3) is 6.64. The van der Waals surface area contributed by atoms with E-state index >= 15 is 0 Å². The van der Waals surface area contributed by atoms with E-state index in [4.69, 9.17) is 9.47 Å². The average molecular weight is 269 g/mol. The Morgan fingerprint density at radius 1 is 1.32 bits per heavy atom. The summed E-state index contributed by atoms with van der Waals surface area (Å²) in [6, 6.07) is 4.46. The Morgan fingerprint density at radius 2 is 2.00 bits per heavy atom. The van der Waals surface area contributed by atoms with Gasteiger partial charge in [0.15, 0.2) is 0 Å². The molecule has 0 aliphatic carbocycles. The van der Waals surface area contributed by atoms with E-state index in [1.54, 1.807) is 33.8 Å². The van der Waals surface area contributed by atoms with E-state index in [0.29, 0.717) is 12.3 Å². The first-order valence-electron chi connectivity index (χ1n) is 6.13. The first-order valence-corrected chi connectivity index (χ1v) is 6.13. The Balaban J connectivity index is 2.29. The number of hydrogen-bond acceptors (Lipinski definition) is 3. The highest BCUT2D eigenvalue weighted by atomic mass is 19.1. The molecule has 0 aromatic heterocycles. The van der Waals surface area contributed by atoms with Crippen LogP contribution in [0.15, 0.2) is 18.2 Å². The van der Waals surface area contributed by atoms with Crippen LogP contribution in [0.4, 0.5) is 9.18 Å². The largest absolute Gasteiger partial charge is 0.492 e. The number of carbonyl (C=O) groups is 1. The number of aryl methyl sites for hydroxylation is 1. The van der Waals surface area contributed by atoms with E-state index in [1.165, 1.54) is 12.1 Å². The molecule has 1 aromatic carbocycles. The lowest BCUT2D eigenvalue weighted by Crippen LogP contribution is -2.34. The SMILES string of the molecule is Cc1cc(F)cc(OCCNC(=O)OC(C)(C)C)c1. The second kappa shape index (κ2) is 6.41. The van der Waals surface area contributed by atoms with E-state index in [-0.39, 0.29) is 12.4 Å². The zero-order valence-corrected chi connectivity index (χ0v) is 11.7. The fourth-order valence-corrected chi connectivity index (χ4v) is 1.42. The number of amides is 1. The highest BCUT2D eigenvalue weighted by Gasteiger charge is 2.15. The maximum atomic E-state index is 13.1. The molecule has 1 amide bonds. The number of rotatable bonds is 4. The van der Waals surface area contributed by atoms with Crippen LogP contribution < -0.4 is 10.1 Å². The number of alkyl carbamates (subject to hydrolysis) is 1. The van der Waals surface area contributed by atoms with Crippen LogP contribution in [-0.2, 0) is 4.74 Å². The molecule has 0 atom stereocenters. The predicted molar refractivity (Wildman–Crippen MR) is 70.9 cm³/mol. The quantitative estimate of drug-likeness (QED) is 0.855. The summed E-state index contributed by atoms with van der Waals surface area (Å²) in [6.45, 7) is 7.71. The Morgan fingerprint density at radius 3 is 2.58 bits per heavy atom. The highest BCUT2D eigenvalue weighted by molar-refractivity contribution is 5.67. The molecule has 0 aliphatic rings. The van der Waals surface area contributed by atoms with Gasteiger partial charge in [-0.3, -0.25) is 0 Å². The van der Waals surface area contributed by atoms with Crippen LogP contribution >= 0.6 is 0 Å². The summed E-state index contributed by atoms with van der Waals surface area (Å²) in [5, 5.41) is 2.56. The number of ether oxygens (including phenoxy) is 2. The normalized spacial score (nSPS) is 11.0. The molecular weight excluding hydrogens is 249 g/mol. The van der Waals surface area contributed by atoms with Gasteiger partial charge in [0.25, 0.3) is 0 Å². The second-order valence-electron chi connectivity index (χ2n) is 5.24. The molecule has 0 spiro atoms. The maximum Gasteiger partial charge on any atom is 0.407 e. The van der Waals surface area contributed by atoms with Crippen LogP contribution in [0.2, 0.25) is 0 Å². The summed E-state index contributed by atoms with van der Waals surface area (Å²) >= 11 is 0. The summed E-state index contributed by atoms with van der Waals surface area (Å²) in [5.41, 5.74) is 0.264. The van der Waals surface area contributed by atoms with Crippen LogP contribution in [-0.4, -0.2) is 24.8 Å². The van der Waals surface area contributed by atoms with Crippen LogP contribution in [0.25, 0.3) is 0 Å². The van der Waals surface area contributed by atoms with Crippen molar-refractivity contribution in [1.82, 2.24) is 5.32 Å². The molecule has 0 heterocycles. The minimum absolute atomic E-state index is 0.252. The number of hydrogen-bond donors (Lipinski definition) is 1. The van der Waals surface area contributed by atoms with Crippen molar-refractivity contribution < 1.29 is 18.7 Å². The lowest BCUT2D eigenvalue weighted by atomic mass is 10.2. The van der Waals surface area contributed by atoms with Crippen molar-refractivity contribution in [1.29, 1.82) is 0 Å². The monoisotopic (exact) mass is 269 g/mol. The van der Waals surface area contributed by atoms with Gasteiger partial charge in [0.2, 0.25) is 0 Å². The third-order valence-electron chi connectivity index (χ3n) is 2.05. The van der Waals surface area contributed by atoms with Gasteiger partial charge >= 0.3 is 6.09 Å². The molecule has 0 saturated carbocycles. The zero-order chi connectivity index (χ0) is 14.5. The molecule has 0 fully saturated rings. The maximum absolute atomic E-state index is 13.1. The fourth-order valence-electron chi connectivity index (χ4n) is 1.42. The second-order valence-corrected chi connectivity index (χ2v) is 5.24. The van der Waals surface area contributed by atoms with Gasteiger partial charge in [-0.2, -0.15) is 0 Å². The fraction of sp³-hybridized carbons (Fsp3) is 0.500. The first-order chi connectivity index (χ1) is 8.76. The van der Waals surface area contributed by atoms with Gasteiger partial charge in [0.1, 0.15) is 23.8 Å². The minimum atomic E-state index is -0.523. The molecule has 4 nitrogen and oxygen atoms in total. The van der Waals surface area contributed by atoms with E-state index < -0.39 is 11.7 Å². The van der Waals surface area contributed by atoms with Crippen LogP contribution in [0.1, 0.15) is 26.3 Å². The molecule has 106 valence electrons. The Kier molecular flexibility index (Phi) is 5.15. The smallest absolute Gasteiger partial charge is 0.407 e. The van der Waals surface area contributed by atoms with E-state index in [0.717, 1.165) is 5.56 Å². The van der Waals surface area contributed by atoms with Gasteiger partial charge in [-0.1, -0.05) is 0 Å². The van der Waals surface area contributed by atoms with Crippen molar-refractivity contribution in [2.45, 2.75) is 33.3 Å². The zero-order valence-electron chi connectivity index (χ0n) is 11.7. The molecule has 0 aliphatic heterocycles. The van der Waals surface area contributed by atoms with Crippen molar-refractivity contribution in [2.24, 2.45) is 0 Å². The Bertz CT molecular complexity index is 421. The van der Waals surface area contributed by atoms with Crippen molar-refractivity contribution in [3.05, 3.63) is 29.6 Å². The first kappa shape index (κ1) is 15.3. The lowest BCUT2D eigenvalue weighted by Gasteiger charge is -2.19. The van der Waals surface area contributed by atoms with Gasteiger partial charge in [0, 0.05) is 6.07 Å². The highest BCUT2D eigenvalue weighted by Crippen LogP contribution is 2.15. The Hall–Kier alpha value is -1.78. The molecule has 0 radical (unpaired) electrons. The van der Waals surface area contributed by atoms with Crippen molar-refractivity contribution >= 4 is 6.09 Å². The minimum Gasteiger partial charge on any atom is -0.492 e. The summed E-state index contributed by atoms with van der Waals surface area (Å²) in [7, 11) is 0. The van der Waals surface area contributed by atoms with E-state index in [2.05, 4.69) is 5.32 Å². The molecule has 0 saturated heterocycles. The van der Waals surface area contributed by atoms with Crippen LogP contribution in [0.3, 0.4) is 0 Å². The number of benzene rings is 1. The molecule has 0 bridgehead atoms. The van der Waals surface area contributed by atoms with Gasteiger partial charge in [-0.05, 0) is 45.4 Å². The molecule has 1 aromatic rings. The van der Waals surface area contributed by atoms with Crippen LogP contribution in [0.5, 0.6) is 5.75 Å². The van der Waals surface area contributed by atoms with Gasteiger partial charge in [-0.25, -0.2) is 9.18 Å². The lowest BCUT2D eigenvalue weighted by molar-refractivity contribution is 0.0520. The average Bonchev–Trinajstić information content (AvgIpc) is 2.20. The third-order valence-corrected chi connectivity index (χ3v) is 2.05. The van der Waals surface area contributed by atoms with Gasteiger partial charge in [-0.15, -0.1) is 0 Å². The molecule has 5 heteroatoms. The van der Waals surface area contributed by atoms with Crippen molar-refractivity contribution in [3.63, 3.8) is 0 Å².